The van der Waals surface area contributed by atoms with Crippen molar-refractivity contribution >= 4 is 23.4 Å². The van der Waals surface area contributed by atoms with Crippen molar-refractivity contribution in [1.82, 2.24) is 4.90 Å². The molecule has 2 aliphatic rings. The number of aliphatic hydroxyl groups is 1. The van der Waals surface area contributed by atoms with Gasteiger partial charge >= 0.3 is 5.97 Å². The smallest absolute Gasteiger partial charge is 0.322 e. The van der Waals surface area contributed by atoms with E-state index in [9.17, 15) is 9.90 Å². The second kappa shape index (κ2) is 10.5. The van der Waals surface area contributed by atoms with Crippen LogP contribution < -0.4 is 14.4 Å². The fourth-order valence-corrected chi connectivity index (χ4v) is 5.16. The number of esters is 1. The Morgan fingerprint density at radius 1 is 1.16 bits per heavy atom. The number of fused-ring (bicyclic) bond motifs is 1. The summed E-state index contributed by atoms with van der Waals surface area (Å²) in [7, 11) is 1.59. The van der Waals surface area contributed by atoms with E-state index in [1.54, 1.807) is 26.2 Å². The molecule has 1 unspecified atom stereocenters. The molecule has 3 atom stereocenters. The van der Waals surface area contributed by atoms with Crippen molar-refractivity contribution in [2.45, 2.75) is 29.3 Å². The van der Waals surface area contributed by atoms with E-state index in [0.717, 1.165) is 31.1 Å². The maximum Gasteiger partial charge on any atom is 0.322 e. The van der Waals surface area contributed by atoms with Crippen molar-refractivity contribution in [3.63, 3.8) is 0 Å². The van der Waals surface area contributed by atoms with Crippen molar-refractivity contribution in [2.24, 2.45) is 0 Å². The Labute approximate surface area is 193 Å². The van der Waals surface area contributed by atoms with Crippen LogP contribution in [-0.4, -0.2) is 79.9 Å². The number of methoxy groups -OCH3 is 1. The maximum atomic E-state index is 12.8. The van der Waals surface area contributed by atoms with Crippen LogP contribution in [0.4, 0.5) is 5.69 Å². The quantitative estimate of drug-likeness (QED) is 0.663. The molecule has 0 radical (unpaired) electrons. The molecule has 32 heavy (non-hydrogen) atoms. The lowest BCUT2D eigenvalue weighted by Crippen LogP contribution is -2.47. The van der Waals surface area contributed by atoms with Gasteiger partial charge in [-0.1, -0.05) is 18.2 Å². The number of thioether (sulfide) groups is 1. The summed E-state index contributed by atoms with van der Waals surface area (Å²) in [5, 5.41) is 9.92. The van der Waals surface area contributed by atoms with Crippen LogP contribution in [0.1, 0.15) is 6.92 Å². The molecule has 1 fully saturated rings. The van der Waals surface area contributed by atoms with Gasteiger partial charge in [0, 0.05) is 38.4 Å². The van der Waals surface area contributed by atoms with Crippen LogP contribution in [0.25, 0.3) is 0 Å². The Balaban J connectivity index is 1.29. The topological polar surface area (TPSA) is 71.5 Å². The minimum absolute atomic E-state index is 0.300. The van der Waals surface area contributed by atoms with E-state index >= 15 is 0 Å². The fourth-order valence-electron chi connectivity index (χ4n) is 3.94. The Morgan fingerprint density at radius 3 is 2.62 bits per heavy atom. The Kier molecular flexibility index (Phi) is 7.44. The standard InChI is InChI=1S/C24H30N2O5S/c1-17-22(27)23(32-21-16-19(29-2)8-9-20(21)31-17)24(28)30-15-14-25-10-12-26(13-11-25)18-6-4-3-5-7-18/h3-9,16-17,22-23,27H,10-15H2,1-2H3/t17?,22-,23+/m0/s1. The number of hydrogen-bond acceptors (Lipinski definition) is 8. The van der Waals surface area contributed by atoms with Crippen molar-refractivity contribution in [1.29, 1.82) is 0 Å². The molecule has 7 nitrogen and oxygen atoms in total. The highest BCUT2D eigenvalue weighted by Crippen LogP contribution is 2.40. The predicted molar refractivity (Wildman–Crippen MR) is 125 cm³/mol. The van der Waals surface area contributed by atoms with Gasteiger partial charge in [-0.2, -0.15) is 0 Å². The number of nitrogens with zero attached hydrogens (tertiary/aromatic N) is 2. The number of para-hydroxylation sites is 1. The van der Waals surface area contributed by atoms with Crippen molar-refractivity contribution < 1.29 is 24.1 Å². The first-order chi connectivity index (χ1) is 15.5. The lowest BCUT2D eigenvalue weighted by Gasteiger charge is -2.36. The van der Waals surface area contributed by atoms with Crippen LogP contribution in [0.2, 0.25) is 0 Å². The minimum Gasteiger partial charge on any atom is -0.497 e. The summed E-state index contributed by atoms with van der Waals surface area (Å²) < 4.78 is 16.7. The molecule has 0 saturated carbocycles. The summed E-state index contributed by atoms with van der Waals surface area (Å²) in [6.07, 6.45) is -1.50. The summed E-state index contributed by atoms with van der Waals surface area (Å²) in [5.41, 5.74) is 1.24. The summed E-state index contributed by atoms with van der Waals surface area (Å²) in [4.78, 5) is 18.3. The molecular weight excluding hydrogens is 428 g/mol. The number of hydrogen-bond donors (Lipinski definition) is 1. The largest absolute Gasteiger partial charge is 0.497 e. The van der Waals surface area contributed by atoms with E-state index < -0.39 is 23.4 Å². The van der Waals surface area contributed by atoms with Crippen molar-refractivity contribution in [2.75, 3.05) is 51.3 Å². The molecule has 1 saturated heterocycles. The summed E-state index contributed by atoms with van der Waals surface area (Å²) >= 11 is 1.26. The summed E-state index contributed by atoms with van der Waals surface area (Å²) in [6, 6.07) is 15.8. The van der Waals surface area contributed by atoms with Gasteiger partial charge < -0.3 is 24.2 Å². The third-order valence-electron chi connectivity index (χ3n) is 5.89. The number of piperazine rings is 1. The number of ether oxygens (including phenoxy) is 3. The molecule has 0 aliphatic carbocycles. The second-order valence-electron chi connectivity index (χ2n) is 8.00. The van der Waals surface area contributed by atoms with Gasteiger partial charge in [0.05, 0.1) is 12.0 Å². The summed E-state index contributed by atoms with van der Waals surface area (Å²) in [6.45, 7) is 6.48. The average molecular weight is 459 g/mol. The third kappa shape index (κ3) is 5.31. The maximum absolute atomic E-state index is 12.8. The zero-order chi connectivity index (χ0) is 22.5. The normalized spacial score (nSPS) is 23.6. The molecule has 2 aromatic rings. The van der Waals surface area contributed by atoms with E-state index in [4.69, 9.17) is 14.2 Å². The van der Waals surface area contributed by atoms with E-state index in [0.29, 0.717) is 24.7 Å². The Morgan fingerprint density at radius 2 is 1.91 bits per heavy atom. The van der Waals surface area contributed by atoms with Crippen LogP contribution in [-0.2, 0) is 9.53 Å². The van der Waals surface area contributed by atoms with Crippen molar-refractivity contribution in [3.8, 4) is 11.5 Å². The number of anilines is 1. The molecule has 8 heteroatoms. The minimum atomic E-state index is -0.972. The molecule has 0 aromatic heterocycles. The Bertz CT molecular complexity index is 905. The number of carbonyl (C=O) groups is 1. The first-order valence-corrected chi connectivity index (χ1v) is 11.8. The van der Waals surface area contributed by atoms with Crippen LogP contribution >= 0.6 is 11.8 Å². The lowest BCUT2D eigenvalue weighted by molar-refractivity contribution is -0.146. The molecule has 172 valence electrons. The molecule has 2 aliphatic heterocycles. The highest BCUT2D eigenvalue weighted by molar-refractivity contribution is 8.00. The SMILES string of the molecule is COc1ccc2c(c1)S[C@@H](C(=O)OCCN1CCN(c3ccccc3)CC1)[C@@H](O)C(C)O2. The second-order valence-corrected chi connectivity index (χ2v) is 9.18. The zero-order valence-electron chi connectivity index (χ0n) is 18.5. The van der Waals surface area contributed by atoms with Crippen LogP contribution in [0.5, 0.6) is 11.5 Å². The molecule has 2 aromatic carbocycles. The fraction of sp³-hybridized carbons (Fsp3) is 0.458. The predicted octanol–water partition coefficient (Wildman–Crippen LogP) is 2.66. The van der Waals surface area contributed by atoms with Gasteiger partial charge in [-0.15, -0.1) is 11.8 Å². The molecule has 1 N–H and O–H groups in total. The van der Waals surface area contributed by atoms with E-state index in [2.05, 4.69) is 34.1 Å². The molecule has 0 amide bonds. The van der Waals surface area contributed by atoms with Gasteiger partial charge in [-0.3, -0.25) is 9.69 Å². The number of benzene rings is 2. The number of carbonyl (C=O) groups excluding carboxylic acids is 1. The zero-order valence-corrected chi connectivity index (χ0v) is 19.3. The van der Waals surface area contributed by atoms with Crippen LogP contribution in [0, 0.1) is 0 Å². The van der Waals surface area contributed by atoms with Gasteiger partial charge in [0.2, 0.25) is 0 Å². The molecule has 0 bridgehead atoms. The summed E-state index contributed by atoms with van der Waals surface area (Å²) in [5.74, 6) is 0.885. The van der Waals surface area contributed by atoms with E-state index in [1.165, 1.54) is 17.4 Å². The number of aliphatic hydroxyl groups excluding tert-OH is 1. The van der Waals surface area contributed by atoms with Gasteiger partial charge in [0.1, 0.15) is 35.6 Å². The van der Waals surface area contributed by atoms with Crippen molar-refractivity contribution in [3.05, 3.63) is 48.5 Å². The highest BCUT2D eigenvalue weighted by Gasteiger charge is 2.38. The molecule has 4 rings (SSSR count). The molecule has 2 heterocycles. The number of rotatable bonds is 6. The van der Waals surface area contributed by atoms with Crippen LogP contribution in [0.15, 0.2) is 53.4 Å². The van der Waals surface area contributed by atoms with Gasteiger partial charge in [-0.25, -0.2) is 0 Å². The molecule has 0 spiro atoms. The first kappa shape index (κ1) is 22.8. The average Bonchev–Trinajstić information content (AvgIpc) is 2.95. The Hall–Kier alpha value is -2.42. The monoisotopic (exact) mass is 458 g/mol. The molecular formula is C24H30N2O5S. The highest BCUT2D eigenvalue weighted by atomic mass is 32.2. The van der Waals surface area contributed by atoms with Gasteiger partial charge in [0.15, 0.2) is 0 Å². The van der Waals surface area contributed by atoms with Gasteiger partial charge in [0.25, 0.3) is 0 Å². The third-order valence-corrected chi connectivity index (χ3v) is 7.18. The van der Waals surface area contributed by atoms with E-state index in [-0.39, 0.29) is 0 Å². The van der Waals surface area contributed by atoms with Crippen LogP contribution in [0.3, 0.4) is 0 Å². The van der Waals surface area contributed by atoms with E-state index in [1.807, 2.05) is 12.1 Å². The van der Waals surface area contributed by atoms with Gasteiger partial charge in [-0.05, 0) is 37.3 Å². The first-order valence-electron chi connectivity index (χ1n) is 10.9. The lowest BCUT2D eigenvalue weighted by atomic mass is 10.1.